The number of carbonyl (C=O) groups excluding carboxylic acids is 1. The monoisotopic (exact) mass is 350 g/mol. The number of hydrogen-bond acceptors (Lipinski definition) is 3. The Hall–Kier alpha value is -1.40. The van der Waals surface area contributed by atoms with Gasteiger partial charge in [0.1, 0.15) is 0 Å². The Morgan fingerprint density at radius 2 is 1.79 bits per heavy atom. The number of sulfonamides is 1. The maximum atomic E-state index is 13.0. The summed E-state index contributed by atoms with van der Waals surface area (Å²) in [6.45, 7) is 5.81. The predicted octanol–water partition coefficient (Wildman–Crippen LogP) is 2.33. The first kappa shape index (κ1) is 17.4. The third kappa shape index (κ3) is 3.35. The van der Waals surface area contributed by atoms with Crippen LogP contribution in [0.3, 0.4) is 0 Å². The molecule has 3 rings (SSSR count). The molecule has 1 amide bonds. The third-order valence-electron chi connectivity index (χ3n) is 5.17. The van der Waals surface area contributed by atoms with Crippen molar-refractivity contribution >= 4 is 15.9 Å². The highest BCUT2D eigenvalue weighted by molar-refractivity contribution is 7.89. The fourth-order valence-electron chi connectivity index (χ4n) is 3.50. The Bertz CT molecular complexity index is 726. The minimum absolute atomic E-state index is 0.174. The summed E-state index contributed by atoms with van der Waals surface area (Å²) in [6.07, 6.45) is 3.81. The van der Waals surface area contributed by atoms with Crippen LogP contribution in [0.5, 0.6) is 0 Å². The van der Waals surface area contributed by atoms with Crippen LogP contribution in [0.1, 0.15) is 36.8 Å². The number of carbonyl (C=O) groups is 1. The van der Waals surface area contributed by atoms with Crippen molar-refractivity contribution in [3.63, 3.8) is 0 Å². The van der Waals surface area contributed by atoms with E-state index < -0.39 is 10.0 Å². The van der Waals surface area contributed by atoms with Gasteiger partial charge in [-0.05, 0) is 44.7 Å². The predicted molar refractivity (Wildman–Crippen MR) is 93.2 cm³/mol. The van der Waals surface area contributed by atoms with Crippen molar-refractivity contribution in [2.75, 3.05) is 26.2 Å². The molecule has 0 radical (unpaired) electrons. The largest absolute Gasteiger partial charge is 0.341 e. The van der Waals surface area contributed by atoms with E-state index in [1.807, 2.05) is 30.9 Å². The number of benzene rings is 1. The number of rotatable bonds is 3. The number of amides is 1. The Morgan fingerprint density at radius 3 is 2.42 bits per heavy atom. The lowest BCUT2D eigenvalue weighted by Crippen LogP contribution is -2.41. The first-order valence-corrected chi connectivity index (χ1v) is 10.2. The van der Waals surface area contributed by atoms with E-state index in [0.717, 1.165) is 30.4 Å². The van der Waals surface area contributed by atoms with Gasteiger partial charge in [-0.1, -0.05) is 24.1 Å². The molecule has 0 spiro atoms. The molecule has 1 aliphatic heterocycles. The Labute approximate surface area is 144 Å². The van der Waals surface area contributed by atoms with Crippen LogP contribution in [-0.4, -0.2) is 49.7 Å². The first-order chi connectivity index (χ1) is 11.4. The van der Waals surface area contributed by atoms with Crippen LogP contribution in [0.2, 0.25) is 0 Å². The molecule has 1 aliphatic carbocycles. The lowest BCUT2D eigenvalue weighted by Gasteiger charge is -2.31. The molecule has 6 heteroatoms. The Morgan fingerprint density at radius 1 is 1.04 bits per heavy atom. The van der Waals surface area contributed by atoms with Crippen molar-refractivity contribution in [3.05, 3.63) is 29.3 Å². The molecule has 0 atom stereocenters. The van der Waals surface area contributed by atoms with Gasteiger partial charge in [0.15, 0.2) is 0 Å². The summed E-state index contributed by atoms with van der Waals surface area (Å²) in [5.74, 6) is 0.388. The third-order valence-corrected chi connectivity index (χ3v) is 7.23. The summed E-state index contributed by atoms with van der Waals surface area (Å²) in [5.41, 5.74) is 1.83. The zero-order chi connectivity index (χ0) is 17.3. The van der Waals surface area contributed by atoms with Crippen molar-refractivity contribution in [2.45, 2.75) is 44.4 Å². The van der Waals surface area contributed by atoms with E-state index in [1.54, 1.807) is 10.4 Å². The van der Waals surface area contributed by atoms with E-state index >= 15 is 0 Å². The minimum Gasteiger partial charge on any atom is -0.341 e. The van der Waals surface area contributed by atoms with Gasteiger partial charge in [0.05, 0.1) is 4.90 Å². The summed E-state index contributed by atoms with van der Waals surface area (Å²) in [6, 6.07) is 5.43. The molecular weight excluding hydrogens is 324 g/mol. The number of hydrogen-bond donors (Lipinski definition) is 0. The highest BCUT2D eigenvalue weighted by atomic mass is 32.2. The molecule has 2 aliphatic rings. The average molecular weight is 350 g/mol. The van der Waals surface area contributed by atoms with Crippen LogP contribution < -0.4 is 0 Å². The normalized spacial score (nSPS) is 20.5. The van der Waals surface area contributed by atoms with E-state index in [0.29, 0.717) is 37.5 Å². The number of aryl methyl sites for hydroxylation is 2. The molecule has 2 fully saturated rings. The fraction of sp³-hybridized carbons (Fsp3) is 0.611. The van der Waals surface area contributed by atoms with Crippen LogP contribution in [0.4, 0.5) is 0 Å². The second kappa shape index (κ2) is 6.84. The molecule has 24 heavy (non-hydrogen) atoms. The molecule has 0 unspecified atom stereocenters. The maximum Gasteiger partial charge on any atom is 0.243 e. The van der Waals surface area contributed by atoms with Gasteiger partial charge in [0.25, 0.3) is 0 Å². The van der Waals surface area contributed by atoms with Gasteiger partial charge in [0, 0.05) is 32.1 Å². The topological polar surface area (TPSA) is 57.7 Å². The maximum absolute atomic E-state index is 13.0. The molecular formula is C18H26N2O3S. The molecule has 1 aromatic rings. The summed E-state index contributed by atoms with van der Waals surface area (Å²) in [5, 5.41) is 0. The molecule has 0 aromatic heterocycles. The molecule has 132 valence electrons. The lowest BCUT2D eigenvalue weighted by atomic mass is 9.84. The van der Waals surface area contributed by atoms with E-state index in [9.17, 15) is 13.2 Å². The Kier molecular flexibility index (Phi) is 4.97. The number of nitrogens with zero attached hydrogens (tertiary/aromatic N) is 2. The highest BCUT2D eigenvalue weighted by Crippen LogP contribution is 2.29. The van der Waals surface area contributed by atoms with E-state index in [1.165, 1.54) is 0 Å². The summed E-state index contributed by atoms with van der Waals surface area (Å²) in [4.78, 5) is 14.7. The van der Waals surface area contributed by atoms with Gasteiger partial charge in [-0.3, -0.25) is 4.79 Å². The lowest BCUT2D eigenvalue weighted by molar-refractivity contribution is -0.138. The zero-order valence-electron chi connectivity index (χ0n) is 14.5. The molecule has 1 heterocycles. The van der Waals surface area contributed by atoms with Crippen molar-refractivity contribution in [1.82, 2.24) is 9.21 Å². The van der Waals surface area contributed by atoms with E-state index in [-0.39, 0.29) is 11.8 Å². The zero-order valence-corrected chi connectivity index (χ0v) is 15.3. The first-order valence-electron chi connectivity index (χ1n) is 8.76. The second-order valence-electron chi connectivity index (χ2n) is 6.98. The van der Waals surface area contributed by atoms with Crippen molar-refractivity contribution in [2.24, 2.45) is 5.92 Å². The fourth-order valence-corrected chi connectivity index (χ4v) is 5.17. The summed E-state index contributed by atoms with van der Waals surface area (Å²) in [7, 11) is -3.50. The SMILES string of the molecule is Cc1ccc(S(=O)(=O)N2CCCN(C(=O)C3CCC3)CC2)c(C)c1. The molecule has 1 saturated heterocycles. The molecule has 1 aromatic carbocycles. The van der Waals surface area contributed by atoms with Crippen LogP contribution in [0.25, 0.3) is 0 Å². The van der Waals surface area contributed by atoms with Crippen molar-refractivity contribution < 1.29 is 13.2 Å². The molecule has 1 saturated carbocycles. The van der Waals surface area contributed by atoms with Gasteiger partial charge in [-0.15, -0.1) is 0 Å². The van der Waals surface area contributed by atoms with Gasteiger partial charge >= 0.3 is 0 Å². The molecule has 0 N–H and O–H groups in total. The van der Waals surface area contributed by atoms with Crippen molar-refractivity contribution in [3.8, 4) is 0 Å². The van der Waals surface area contributed by atoms with Crippen LogP contribution in [0, 0.1) is 19.8 Å². The summed E-state index contributed by atoms with van der Waals surface area (Å²) >= 11 is 0. The second-order valence-corrected chi connectivity index (χ2v) is 8.89. The van der Waals surface area contributed by atoms with Gasteiger partial charge in [-0.25, -0.2) is 8.42 Å². The smallest absolute Gasteiger partial charge is 0.243 e. The standard InChI is InChI=1S/C18H26N2O3S/c1-14-7-8-17(15(2)13-14)24(22,23)20-10-4-9-19(11-12-20)18(21)16-5-3-6-16/h7-8,13,16H,3-6,9-12H2,1-2H3. The van der Waals surface area contributed by atoms with Gasteiger partial charge < -0.3 is 4.90 Å². The van der Waals surface area contributed by atoms with E-state index in [4.69, 9.17) is 0 Å². The Balaban J connectivity index is 1.73. The minimum atomic E-state index is -3.50. The van der Waals surface area contributed by atoms with Crippen LogP contribution in [0.15, 0.2) is 23.1 Å². The highest BCUT2D eigenvalue weighted by Gasteiger charge is 2.33. The molecule has 0 bridgehead atoms. The van der Waals surface area contributed by atoms with Crippen LogP contribution in [-0.2, 0) is 14.8 Å². The summed E-state index contributed by atoms with van der Waals surface area (Å²) < 4.78 is 27.5. The van der Waals surface area contributed by atoms with Crippen LogP contribution >= 0.6 is 0 Å². The molecule has 5 nitrogen and oxygen atoms in total. The van der Waals surface area contributed by atoms with Gasteiger partial charge in [0.2, 0.25) is 15.9 Å². The quantitative estimate of drug-likeness (QED) is 0.841. The van der Waals surface area contributed by atoms with Gasteiger partial charge in [-0.2, -0.15) is 4.31 Å². The van der Waals surface area contributed by atoms with Crippen molar-refractivity contribution in [1.29, 1.82) is 0 Å². The average Bonchev–Trinajstić information content (AvgIpc) is 2.71. The van der Waals surface area contributed by atoms with E-state index in [2.05, 4.69) is 0 Å².